The SMILES string of the molecule is CN(C)c1ccc2nnc(CNc3ccnc(C(C)(C)C)n3)n2n1. The minimum absolute atomic E-state index is 0.0958. The van der Waals surface area contributed by atoms with Gasteiger partial charge >= 0.3 is 0 Å². The van der Waals surface area contributed by atoms with Crippen molar-refractivity contribution in [1.82, 2.24) is 29.8 Å². The van der Waals surface area contributed by atoms with E-state index in [4.69, 9.17) is 0 Å². The zero-order valence-electron chi connectivity index (χ0n) is 14.6. The summed E-state index contributed by atoms with van der Waals surface area (Å²) in [4.78, 5) is 10.8. The molecule has 8 heteroatoms. The maximum absolute atomic E-state index is 4.56. The molecule has 8 nitrogen and oxygen atoms in total. The molecule has 0 aliphatic heterocycles. The lowest BCUT2D eigenvalue weighted by molar-refractivity contribution is 0.545. The van der Waals surface area contributed by atoms with Crippen LogP contribution in [0, 0.1) is 0 Å². The van der Waals surface area contributed by atoms with Gasteiger partial charge in [-0.2, -0.15) is 4.52 Å². The topological polar surface area (TPSA) is 84.1 Å². The van der Waals surface area contributed by atoms with Crippen molar-refractivity contribution in [2.24, 2.45) is 0 Å². The van der Waals surface area contributed by atoms with E-state index in [0.29, 0.717) is 6.54 Å². The summed E-state index contributed by atoms with van der Waals surface area (Å²) in [6.07, 6.45) is 1.76. The molecule has 3 heterocycles. The first-order chi connectivity index (χ1) is 11.3. The third-order valence-corrected chi connectivity index (χ3v) is 3.53. The van der Waals surface area contributed by atoms with E-state index in [1.54, 1.807) is 10.7 Å². The number of nitrogens with zero attached hydrogens (tertiary/aromatic N) is 7. The van der Waals surface area contributed by atoms with Gasteiger partial charge in [0.15, 0.2) is 11.5 Å². The van der Waals surface area contributed by atoms with Gasteiger partial charge in [-0.1, -0.05) is 20.8 Å². The van der Waals surface area contributed by atoms with Crippen molar-refractivity contribution < 1.29 is 0 Å². The number of nitrogens with one attached hydrogen (secondary N) is 1. The van der Waals surface area contributed by atoms with Crippen molar-refractivity contribution in [2.75, 3.05) is 24.3 Å². The van der Waals surface area contributed by atoms with E-state index in [1.165, 1.54) is 0 Å². The molecule has 0 atom stereocenters. The Morgan fingerprint density at radius 3 is 2.62 bits per heavy atom. The van der Waals surface area contributed by atoms with Crippen molar-refractivity contribution in [3.63, 3.8) is 0 Å². The van der Waals surface area contributed by atoms with Crippen molar-refractivity contribution in [1.29, 1.82) is 0 Å². The number of hydrogen-bond acceptors (Lipinski definition) is 7. The van der Waals surface area contributed by atoms with E-state index in [2.05, 4.69) is 51.4 Å². The summed E-state index contributed by atoms with van der Waals surface area (Å²) in [5.74, 6) is 3.13. The van der Waals surface area contributed by atoms with Crippen LogP contribution in [-0.4, -0.2) is 43.9 Å². The molecule has 0 amide bonds. The second kappa shape index (κ2) is 6.03. The number of anilines is 2. The minimum atomic E-state index is -0.0958. The third-order valence-electron chi connectivity index (χ3n) is 3.53. The fourth-order valence-corrected chi connectivity index (χ4v) is 2.16. The summed E-state index contributed by atoms with van der Waals surface area (Å²) in [5, 5.41) is 16.2. The van der Waals surface area contributed by atoms with Gasteiger partial charge < -0.3 is 10.2 Å². The van der Waals surface area contributed by atoms with Gasteiger partial charge in [-0.25, -0.2) is 9.97 Å². The van der Waals surface area contributed by atoms with E-state index in [-0.39, 0.29) is 5.41 Å². The van der Waals surface area contributed by atoms with Crippen LogP contribution in [0.3, 0.4) is 0 Å². The van der Waals surface area contributed by atoms with E-state index < -0.39 is 0 Å². The van der Waals surface area contributed by atoms with E-state index in [0.717, 1.165) is 28.9 Å². The summed E-state index contributed by atoms with van der Waals surface area (Å²) < 4.78 is 1.74. The highest BCUT2D eigenvalue weighted by molar-refractivity contribution is 5.45. The molecular weight excluding hydrogens is 304 g/mol. The lowest BCUT2D eigenvalue weighted by Gasteiger charge is -2.17. The van der Waals surface area contributed by atoms with Crippen LogP contribution in [0.2, 0.25) is 0 Å². The standard InChI is InChI=1S/C16H22N8/c1-16(2,3)15-17-9-8-11(19-15)18-10-14-21-20-12-6-7-13(23(4)5)22-24(12)14/h6-9H,10H2,1-5H3,(H,17,18,19). The average Bonchev–Trinajstić information content (AvgIpc) is 2.94. The molecule has 0 aliphatic carbocycles. The van der Waals surface area contributed by atoms with Gasteiger partial charge in [0.25, 0.3) is 0 Å². The Morgan fingerprint density at radius 2 is 1.92 bits per heavy atom. The Hall–Kier alpha value is -2.77. The molecule has 126 valence electrons. The normalized spacial score (nSPS) is 11.7. The molecule has 0 spiro atoms. The lowest BCUT2D eigenvalue weighted by atomic mass is 9.96. The van der Waals surface area contributed by atoms with Crippen LogP contribution in [0.4, 0.5) is 11.6 Å². The highest BCUT2D eigenvalue weighted by atomic mass is 15.4. The molecule has 24 heavy (non-hydrogen) atoms. The molecule has 0 aliphatic rings. The smallest absolute Gasteiger partial charge is 0.178 e. The summed E-state index contributed by atoms with van der Waals surface area (Å²) in [5.41, 5.74) is 0.622. The lowest BCUT2D eigenvalue weighted by Crippen LogP contribution is -2.17. The van der Waals surface area contributed by atoms with Crippen LogP contribution >= 0.6 is 0 Å². The van der Waals surface area contributed by atoms with Crippen LogP contribution in [0.1, 0.15) is 32.4 Å². The number of fused-ring (bicyclic) bond motifs is 1. The van der Waals surface area contributed by atoms with Crippen molar-refractivity contribution in [3.8, 4) is 0 Å². The molecule has 0 saturated heterocycles. The Morgan fingerprint density at radius 1 is 1.12 bits per heavy atom. The zero-order valence-corrected chi connectivity index (χ0v) is 14.6. The molecular formula is C16H22N8. The molecule has 0 saturated carbocycles. The largest absolute Gasteiger partial charge is 0.363 e. The Balaban J connectivity index is 1.82. The van der Waals surface area contributed by atoms with Crippen molar-refractivity contribution in [2.45, 2.75) is 32.7 Å². The summed E-state index contributed by atoms with van der Waals surface area (Å²) in [6.45, 7) is 6.74. The van der Waals surface area contributed by atoms with Crippen molar-refractivity contribution in [3.05, 3.63) is 36.0 Å². The molecule has 0 aromatic carbocycles. The first-order valence-electron chi connectivity index (χ1n) is 7.80. The number of hydrogen-bond donors (Lipinski definition) is 1. The molecule has 3 aromatic heterocycles. The second-order valence-corrected chi connectivity index (χ2v) is 6.84. The maximum atomic E-state index is 4.56. The fourth-order valence-electron chi connectivity index (χ4n) is 2.16. The summed E-state index contributed by atoms with van der Waals surface area (Å²) >= 11 is 0. The molecule has 3 rings (SSSR count). The van der Waals surface area contributed by atoms with Gasteiger partial charge in [-0.3, -0.25) is 0 Å². The van der Waals surface area contributed by atoms with Crippen LogP contribution in [-0.2, 0) is 12.0 Å². The number of aromatic nitrogens is 6. The Kier molecular flexibility index (Phi) is 4.04. The van der Waals surface area contributed by atoms with Gasteiger partial charge in [0.05, 0.1) is 6.54 Å². The van der Waals surface area contributed by atoms with Crippen molar-refractivity contribution >= 4 is 17.3 Å². The first-order valence-corrected chi connectivity index (χ1v) is 7.80. The average molecular weight is 326 g/mol. The van der Waals surface area contributed by atoms with E-state index in [9.17, 15) is 0 Å². The Labute approximate surface area is 141 Å². The second-order valence-electron chi connectivity index (χ2n) is 6.84. The minimum Gasteiger partial charge on any atom is -0.363 e. The van der Waals surface area contributed by atoms with Crippen LogP contribution in [0.25, 0.3) is 5.65 Å². The summed E-state index contributed by atoms with van der Waals surface area (Å²) in [6, 6.07) is 5.67. The zero-order chi connectivity index (χ0) is 17.3. The van der Waals surface area contributed by atoms with Crippen LogP contribution in [0.5, 0.6) is 0 Å². The Bertz CT molecular complexity index is 847. The van der Waals surface area contributed by atoms with Gasteiger partial charge in [-0.05, 0) is 18.2 Å². The predicted molar refractivity (Wildman–Crippen MR) is 93.2 cm³/mol. The monoisotopic (exact) mass is 326 g/mol. The predicted octanol–water partition coefficient (Wildman–Crippen LogP) is 1.89. The molecule has 1 N–H and O–H groups in total. The molecule has 3 aromatic rings. The first kappa shape index (κ1) is 16.1. The van der Waals surface area contributed by atoms with Gasteiger partial charge in [0.2, 0.25) is 0 Å². The highest BCUT2D eigenvalue weighted by Crippen LogP contribution is 2.19. The molecule has 0 unspecified atom stereocenters. The van der Waals surface area contributed by atoms with Gasteiger partial charge in [0, 0.05) is 25.7 Å². The summed E-state index contributed by atoms with van der Waals surface area (Å²) in [7, 11) is 3.90. The quantitative estimate of drug-likeness (QED) is 0.783. The van der Waals surface area contributed by atoms with Gasteiger partial charge in [0.1, 0.15) is 17.5 Å². The number of rotatable bonds is 4. The highest BCUT2D eigenvalue weighted by Gasteiger charge is 2.17. The van der Waals surface area contributed by atoms with Crippen LogP contribution in [0.15, 0.2) is 24.4 Å². The molecule has 0 fully saturated rings. The van der Waals surface area contributed by atoms with Gasteiger partial charge in [-0.15, -0.1) is 15.3 Å². The van der Waals surface area contributed by atoms with Crippen LogP contribution < -0.4 is 10.2 Å². The molecule has 0 radical (unpaired) electrons. The fraction of sp³-hybridized carbons (Fsp3) is 0.438. The third kappa shape index (κ3) is 3.27. The maximum Gasteiger partial charge on any atom is 0.178 e. The molecule has 0 bridgehead atoms. The van der Waals surface area contributed by atoms with E-state index in [1.807, 2.05) is 37.2 Å². The van der Waals surface area contributed by atoms with E-state index >= 15 is 0 Å².